The van der Waals surface area contributed by atoms with Crippen molar-refractivity contribution < 1.29 is 9.59 Å². The van der Waals surface area contributed by atoms with Crippen molar-refractivity contribution in [2.75, 3.05) is 10.7 Å². The largest absolute Gasteiger partial charge is 0.325 e. The third-order valence-corrected chi connectivity index (χ3v) is 7.35. The zero-order valence-corrected chi connectivity index (χ0v) is 17.5. The van der Waals surface area contributed by atoms with Crippen molar-refractivity contribution in [3.05, 3.63) is 59.6 Å². The van der Waals surface area contributed by atoms with E-state index in [4.69, 9.17) is 11.6 Å². The minimum atomic E-state index is -1.15. The summed E-state index contributed by atoms with van der Waals surface area (Å²) in [5.74, 6) is -0.484. The number of nitrogens with one attached hydrogen (secondary N) is 2. The molecule has 2 N–H and O–H groups in total. The van der Waals surface area contributed by atoms with Gasteiger partial charge in [0.15, 0.2) is 5.78 Å². The molecular formula is C23H24ClN3O2. The zero-order valence-electron chi connectivity index (χ0n) is 16.8. The maximum atomic E-state index is 13.6. The number of rotatable bonds is 4. The van der Waals surface area contributed by atoms with E-state index in [1.165, 1.54) is 0 Å². The van der Waals surface area contributed by atoms with Crippen LogP contribution in [0, 0.1) is 16.2 Å². The molecule has 2 fully saturated rings. The first-order chi connectivity index (χ1) is 13.7. The second-order valence-electron chi connectivity index (χ2n) is 8.59. The van der Waals surface area contributed by atoms with Crippen molar-refractivity contribution in [2.45, 2.75) is 33.6 Å². The molecule has 2 aromatic rings. The van der Waals surface area contributed by atoms with Gasteiger partial charge in [-0.3, -0.25) is 15.0 Å². The minimum Gasteiger partial charge on any atom is -0.325 e. The summed E-state index contributed by atoms with van der Waals surface area (Å²) >= 11 is 6.05. The molecule has 2 atom stereocenters. The summed E-state index contributed by atoms with van der Waals surface area (Å²) in [5, 5.41) is 7.94. The van der Waals surface area contributed by atoms with E-state index in [1.54, 1.807) is 24.3 Å². The number of ketones is 1. The molecule has 0 spiro atoms. The lowest BCUT2D eigenvalue weighted by molar-refractivity contribution is -0.139. The van der Waals surface area contributed by atoms with E-state index >= 15 is 0 Å². The Hall–Kier alpha value is -2.66. The van der Waals surface area contributed by atoms with Crippen LogP contribution in [0.3, 0.4) is 0 Å². The lowest BCUT2D eigenvalue weighted by atomic mass is 9.64. The molecule has 0 heterocycles. The molecule has 2 aliphatic carbocycles. The van der Waals surface area contributed by atoms with Crippen molar-refractivity contribution in [3.63, 3.8) is 0 Å². The van der Waals surface area contributed by atoms with E-state index in [2.05, 4.69) is 15.8 Å². The maximum absolute atomic E-state index is 13.6. The van der Waals surface area contributed by atoms with Gasteiger partial charge in [-0.2, -0.15) is 5.10 Å². The van der Waals surface area contributed by atoms with Gasteiger partial charge in [0.2, 0.25) is 5.91 Å². The number of carbonyl (C=O) groups excluding carboxylic acids is 2. The summed E-state index contributed by atoms with van der Waals surface area (Å²) < 4.78 is 0. The highest BCUT2D eigenvalue weighted by molar-refractivity contribution is 6.51. The Bertz CT molecular complexity index is 1020. The number of carbonyl (C=O) groups is 2. The van der Waals surface area contributed by atoms with E-state index < -0.39 is 16.2 Å². The Labute approximate surface area is 175 Å². The van der Waals surface area contributed by atoms with Crippen molar-refractivity contribution in [3.8, 4) is 0 Å². The van der Waals surface area contributed by atoms with Crippen molar-refractivity contribution in [1.29, 1.82) is 0 Å². The summed E-state index contributed by atoms with van der Waals surface area (Å²) in [4.78, 5) is 27.0. The molecule has 29 heavy (non-hydrogen) atoms. The maximum Gasteiger partial charge on any atom is 0.239 e. The van der Waals surface area contributed by atoms with Gasteiger partial charge in [0.25, 0.3) is 0 Å². The Morgan fingerprint density at radius 1 is 1.00 bits per heavy atom. The normalized spacial score (nSPS) is 28.6. The highest BCUT2D eigenvalue weighted by Crippen LogP contribution is 2.69. The number of fused-ring (bicyclic) bond motifs is 2. The number of halogens is 1. The van der Waals surface area contributed by atoms with E-state index in [-0.39, 0.29) is 11.7 Å². The van der Waals surface area contributed by atoms with Crippen LogP contribution in [0.2, 0.25) is 5.02 Å². The van der Waals surface area contributed by atoms with E-state index in [0.29, 0.717) is 22.8 Å². The molecule has 2 saturated carbocycles. The first kappa shape index (κ1) is 19.6. The van der Waals surface area contributed by atoms with Crippen LogP contribution in [-0.2, 0) is 9.59 Å². The summed E-state index contributed by atoms with van der Waals surface area (Å²) in [6.45, 7) is 6.04. The third kappa shape index (κ3) is 2.71. The lowest BCUT2D eigenvalue weighted by Crippen LogP contribution is -2.47. The number of hydrazone groups is 1. The fourth-order valence-electron chi connectivity index (χ4n) is 4.91. The van der Waals surface area contributed by atoms with Gasteiger partial charge in [0.05, 0.1) is 5.69 Å². The predicted molar refractivity (Wildman–Crippen MR) is 116 cm³/mol. The standard InChI is InChI=1S/C23H24ClN3O2/c1-21(2)22(3)12-13-23(21,20(29)25-17-11-7-8-15(24)14-17)19(28)18(22)27-26-16-9-5-4-6-10-16/h4-11,14,26H,12-13H2,1-3H3,(H,25,29)/b27-18+. The topological polar surface area (TPSA) is 70.6 Å². The van der Waals surface area contributed by atoms with Crippen LogP contribution >= 0.6 is 11.6 Å². The minimum absolute atomic E-state index is 0.195. The molecule has 0 aromatic heterocycles. The van der Waals surface area contributed by atoms with E-state index in [0.717, 1.165) is 12.1 Å². The van der Waals surface area contributed by atoms with Crippen LogP contribution in [0.4, 0.5) is 11.4 Å². The molecule has 0 radical (unpaired) electrons. The zero-order chi connectivity index (χ0) is 20.9. The van der Waals surface area contributed by atoms with Crippen LogP contribution in [-0.4, -0.2) is 17.4 Å². The van der Waals surface area contributed by atoms with Gasteiger partial charge >= 0.3 is 0 Å². The second-order valence-corrected chi connectivity index (χ2v) is 9.03. The first-order valence-corrected chi connectivity index (χ1v) is 10.1. The molecule has 0 saturated heterocycles. The number of hydrogen-bond donors (Lipinski definition) is 2. The Balaban J connectivity index is 1.70. The van der Waals surface area contributed by atoms with Gasteiger partial charge in [-0.1, -0.05) is 56.6 Å². The monoisotopic (exact) mass is 409 g/mol. The highest BCUT2D eigenvalue weighted by Gasteiger charge is 2.76. The fourth-order valence-corrected chi connectivity index (χ4v) is 5.10. The smallest absolute Gasteiger partial charge is 0.239 e. The van der Waals surface area contributed by atoms with Crippen molar-refractivity contribution >= 4 is 40.4 Å². The number of amides is 1. The summed E-state index contributed by atoms with van der Waals surface area (Å²) in [5.41, 5.74) is 2.61. The molecule has 2 unspecified atom stereocenters. The summed E-state index contributed by atoms with van der Waals surface area (Å²) in [7, 11) is 0. The molecular weight excluding hydrogens is 386 g/mol. The van der Waals surface area contributed by atoms with Crippen molar-refractivity contribution in [1.82, 2.24) is 0 Å². The Morgan fingerprint density at radius 3 is 2.38 bits per heavy atom. The molecule has 0 aliphatic heterocycles. The molecule has 2 aliphatic rings. The van der Waals surface area contributed by atoms with Crippen LogP contribution in [0.5, 0.6) is 0 Å². The van der Waals surface area contributed by atoms with Gasteiger partial charge in [-0.25, -0.2) is 0 Å². The van der Waals surface area contributed by atoms with Gasteiger partial charge in [-0.15, -0.1) is 0 Å². The summed E-state index contributed by atoms with van der Waals surface area (Å²) in [6, 6.07) is 16.5. The number of para-hydroxylation sites is 1. The number of Topliss-reactive ketones (excluding diaryl/α,β-unsaturated/α-hetero) is 1. The number of nitrogens with zero attached hydrogens (tertiary/aromatic N) is 1. The summed E-state index contributed by atoms with van der Waals surface area (Å²) in [6.07, 6.45) is 1.23. The third-order valence-electron chi connectivity index (χ3n) is 7.11. The molecule has 5 nitrogen and oxygen atoms in total. The number of benzene rings is 2. The van der Waals surface area contributed by atoms with E-state index in [9.17, 15) is 9.59 Å². The average molecular weight is 410 g/mol. The van der Waals surface area contributed by atoms with Gasteiger partial charge in [0, 0.05) is 16.1 Å². The fraction of sp³-hybridized carbons (Fsp3) is 0.348. The Morgan fingerprint density at radius 2 is 1.69 bits per heavy atom. The van der Waals surface area contributed by atoms with Crippen LogP contribution in [0.1, 0.15) is 33.6 Å². The van der Waals surface area contributed by atoms with Crippen LogP contribution < -0.4 is 10.7 Å². The Kier molecular flexibility index (Phi) is 4.54. The number of hydrogen-bond acceptors (Lipinski definition) is 4. The second kappa shape index (κ2) is 6.70. The lowest BCUT2D eigenvalue weighted by Gasteiger charge is -2.37. The van der Waals surface area contributed by atoms with Gasteiger partial charge in [0.1, 0.15) is 11.1 Å². The molecule has 4 rings (SSSR count). The quantitative estimate of drug-likeness (QED) is 0.542. The van der Waals surface area contributed by atoms with Crippen LogP contribution in [0.15, 0.2) is 59.7 Å². The van der Waals surface area contributed by atoms with Gasteiger partial charge < -0.3 is 5.32 Å². The number of anilines is 2. The van der Waals surface area contributed by atoms with Crippen molar-refractivity contribution in [2.24, 2.45) is 21.3 Å². The first-order valence-electron chi connectivity index (χ1n) is 9.73. The molecule has 150 valence electrons. The molecule has 2 aromatic carbocycles. The molecule has 2 bridgehead atoms. The average Bonchev–Trinajstić information content (AvgIpc) is 2.96. The molecule has 1 amide bonds. The van der Waals surface area contributed by atoms with Gasteiger partial charge in [-0.05, 0) is 48.6 Å². The van der Waals surface area contributed by atoms with E-state index in [1.807, 2.05) is 51.1 Å². The predicted octanol–water partition coefficient (Wildman–Crippen LogP) is 5.14. The SMILES string of the molecule is CC12CCC(C(=O)Nc3cccc(Cl)c3)(C(=O)/C1=N\Nc1ccccc1)C2(C)C. The molecule has 6 heteroatoms. The van der Waals surface area contributed by atoms with Crippen LogP contribution in [0.25, 0.3) is 0 Å². The highest BCUT2D eigenvalue weighted by atomic mass is 35.5.